The number of rotatable bonds is 1. The fourth-order valence-electron chi connectivity index (χ4n) is 3.91. The Balaban J connectivity index is 1.54. The molecule has 8 heteroatoms. The number of hydrogen-bond acceptors (Lipinski definition) is 6. The van der Waals surface area contributed by atoms with Crippen molar-refractivity contribution >= 4 is 11.8 Å². The van der Waals surface area contributed by atoms with Crippen molar-refractivity contribution in [2.24, 2.45) is 0 Å². The lowest BCUT2D eigenvalue weighted by molar-refractivity contribution is -0.124. The molecule has 7 rings (SSSR count). The molecule has 0 unspecified atom stereocenters. The highest BCUT2D eigenvalue weighted by Gasteiger charge is 2.28. The topological polar surface area (TPSA) is 97.9 Å². The van der Waals surface area contributed by atoms with Gasteiger partial charge in [-0.15, -0.1) is 0 Å². The summed E-state index contributed by atoms with van der Waals surface area (Å²) in [5, 5.41) is 9.29. The van der Waals surface area contributed by atoms with Crippen molar-refractivity contribution in [2.75, 3.05) is 26.8 Å². The predicted octanol–water partition coefficient (Wildman–Crippen LogP) is 1.56. The van der Waals surface area contributed by atoms with E-state index in [4.69, 9.17) is 14.2 Å². The van der Waals surface area contributed by atoms with Crippen LogP contribution >= 0.6 is 0 Å². The van der Waals surface area contributed by atoms with E-state index in [9.17, 15) is 9.59 Å². The monoisotopic (exact) mass is 439 g/mol. The molecule has 32 heavy (non-hydrogen) atoms. The number of benzene rings is 2. The molecule has 0 spiro atoms. The molecule has 0 aromatic heterocycles. The highest BCUT2D eigenvalue weighted by Crippen LogP contribution is 2.28. The van der Waals surface area contributed by atoms with Crippen molar-refractivity contribution in [3.05, 3.63) is 53.6 Å². The van der Waals surface area contributed by atoms with E-state index >= 15 is 0 Å². The number of amides is 2. The zero-order chi connectivity index (χ0) is 22.3. The third kappa shape index (κ3) is 5.70. The van der Waals surface area contributed by atoms with Gasteiger partial charge < -0.3 is 30.2 Å². The van der Waals surface area contributed by atoms with Crippen LogP contribution in [0.1, 0.15) is 24.0 Å². The summed E-state index contributed by atoms with van der Waals surface area (Å²) in [4.78, 5) is 24.9. The fourth-order valence-corrected chi connectivity index (χ4v) is 3.91. The van der Waals surface area contributed by atoms with Crippen LogP contribution < -0.4 is 30.2 Å². The molecular weight excluding hydrogens is 410 g/mol. The van der Waals surface area contributed by atoms with Crippen molar-refractivity contribution in [2.45, 2.75) is 38.0 Å². The summed E-state index contributed by atoms with van der Waals surface area (Å²) in [6.45, 7) is 1.77. The maximum Gasteiger partial charge on any atom is 0.258 e. The van der Waals surface area contributed by atoms with Crippen LogP contribution in [-0.2, 0) is 22.6 Å². The smallest absolute Gasteiger partial charge is 0.258 e. The average molecular weight is 440 g/mol. The molecule has 5 heterocycles. The lowest BCUT2D eigenvalue weighted by Gasteiger charge is -2.33. The SMILES string of the molecule is COc1cc2ccc1OCC(=O)N[C@@H]1CNCC[C@H]1Oc1ccc(cc1)CNC(=O)CC2. The third-order valence-electron chi connectivity index (χ3n) is 5.69. The number of methoxy groups -OCH3 is 1. The predicted molar refractivity (Wildman–Crippen MR) is 119 cm³/mol. The molecule has 4 bridgehead atoms. The van der Waals surface area contributed by atoms with Gasteiger partial charge in [0.25, 0.3) is 5.91 Å². The van der Waals surface area contributed by atoms with Crippen LogP contribution in [0.5, 0.6) is 17.2 Å². The molecule has 170 valence electrons. The van der Waals surface area contributed by atoms with Crippen LogP contribution in [0.4, 0.5) is 0 Å². The average Bonchev–Trinajstić information content (AvgIpc) is 2.82. The Morgan fingerprint density at radius 3 is 2.62 bits per heavy atom. The quantitative estimate of drug-likeness (QED) is 0.624. The second-order valence-electron chi connectivity index (χ2n) is 8.02. The maximum absolute atomic E-state index is 12.6. The van der Waals surface area contributed by atoms with Crippen molar-refractivity contribution in [3.63, 3.8) is 0 Å². The summed E-state index contributed by atoms with van der Waals surface area (Å²) in [6.07, 6.45) is 1.57. The van der Waals surface area contributed by atoms with E-state index in [1.165, 1.54) is 0 Å². The van der Waals surface area contributed by atoms with Gasteiger partial charge in [0.1, 0.15) is 11.9 Å². The molecule has 2 aromatic carbocycles. The third-order valence-corrected chi connectivity index (χ3v) is 5.69. The molecule has 2 aromatic rings. The summed E-state index contributed by atoms with van der Waals surface area (Å²) in [7, 11) is 1.55. The molecule has 5 aliphatic rings. The van der Waals surface area contributed by atoms with Crippen LogP contribution in [0, 0.1) is 0 Å². The van der Waals surface area contributed by atoms with Crippen LogP contribution in [0.25, 0.3) is 0 Å². The minimum Gasteiger partial charge on any atom is -0.493 e. The molecule has 5 aliphatic heterocycles. The summed E-state index contributed by atoms with van der Waals surface area (Å²) in [5.41, 5.74) is 1.96. The first-order valence-electron chi connectivity index (χ1n) is 10.9. The van der Waals surface area contributed by atoms with Crippen LogP contribution in [0.2, 0.25) is 0 Å². The van der Waals surface area contributed by atoms with Crippen molar-refractivity contribution in [1.82, 2.24) is 16.0 Å². The van der Waals surface area contributed by atoms with Crippen LogP contribution in [0.3, 0.4) is 0 Å². The van der Waals surface area contributed by atoms with E-state index in [2.05, 4.69) is 16.0 Å². The van der Waals surface area contributed by atoms with E-state index < -0.39 is 0 Å². The number of carbonyl (C=O) groups excluding carboxylic acids is 2. The molecule has 2 atom stereocenters. The number of nitrogens with one attached hydrogen (secondary N) is 3. The fraction of sp³-hybridized carbons (Fsp3) is 0.417. The Hall–Kier alpha value is -3.26. The van der Waals surface area contributed by atoms with Gasteiger partial charge in [0.2, 0.25) is 5.91 Å². The van der Waals surface area contributed by atoms with Gasteiger partial charge >= 0.3 is 0 Å². The van der Waals surface area contributed by atoms with Crippen molar-refractivity contribution in [3.8, 4) is 17.2 Å². The maximum atomic E-state index is 12.6. The lowest BCUT2D eigenvalue weighted by Crippen LogP contribution is -2.56. The lowest BCUT2D eigenvalue weighted by atomic mass is 10.0. The number of piperidine rings is 1. The van der Waals surface area contributed by atoms with Crippen molar-refractivity contribution < 1.29 is 23.8 Å². The van der Waals surface area contributed by atoms with Gasteiger partial charge in [-0.3, -0.25) is 9.59 Å². The number of ether oxygens (including phenoxy) is 3. The van der Waals surface area contributed by atoms with Gasteiger partial charge in [-0.05, 0) is 54.8 Å². The highest BCUT2D eigenvalue weighted by atomic mass is 16.5. The zero-order valence-corrected chi connectivity index (χ0v) is 18.2. The normalized spacial score (nSPS) is 22.0. The molecule has 3 N–H and O–H groups in total. The molecule has 0 saturated carbocycles. The van der Waals surface area contributed by atoms with Gasteiger partial charge in [0.05, 0.1) is 13.2 Å². The minimum absolute atomic E-state index is 0.0201. The second kappa shape index (κ2) is 10.4. The summed E-state index contributed by atoms with van der Waals surface area (Å²) >= 11 is 0. The highest BCUT2D eigenvalue weighted by molar-refractivity contribution is 5.78. The van der Waals surface area contributed by atoms with Gasteiger partial charge in [0, 0.05) is 19.5 Å². The first-order valence-corrected chi connectivity index (χ1v) is 10.9. The molecule has 0 radical (unpaired) electrons. The van der Waals surface area contributed by atoms with Crippen LogP contribution in [-0.4, -0.2) is 50.8 Å². The molecule has 8 nitrogen and oxygen atoms in total. The Morgan fingerprint density at radius 2 is 1.81 bits per heavy atom. The molecular formula is C24H29N3O5. The van der Waals surface area contributed by atoms with E-state index in [-0.39, 0.29) is 30.6 Å². The minimum atomic E-state index is -0.222. The molecule has 1 fully saturated rings. The van der Waals surface area contributed by atoms with Crippen LogP contribution in [0.15, 0.2) is 42.5 Å². The van der Waals surface area contributed by atoms with Gasteiger partial charge in [-0.2, -0.15) is 0 Å². The number of aryl methyl sites for hydroxylation is 1. The number of hydrogen-bond donors (Lipinski definition) is 3. The van der Waals surface area contributed by atoms with E-state index in [1.54, 1.807) is 13.2 Å². The van der Waals surface area contributed by atoms with E-state index in [1.807, 2.05) is 36.4 Å². The summed E-state index contributed by atoms with van der Waals surface area (Å²) < 4.78 is 17.3. The molecule has 0 aliphatic carbocycles. The number of carbonyl (C=O) groups is 2. The Bertz CT molecular complexity index is 947. The summed E-state index contributed by atoms with van der Waals surface area (Å²) in [6, 6.07) is 13.0. The molecule has 1 saturated heterocycles. The van der Waals surface area contributed by atoms with Gasteiger partial charge in [0.15, 0.2) is 18.1 Å². The molecule has 2 amide bonds. The van der Waals surface area contributed by atoms with Gasteiger partial charge in [-0.25, -0.2) is 0 Å². The zero-order valence-electron chi connectivity index (χ0n) is 18.2. The van der Waals surface area contributed by atoms with E-state index in [0.717, 1.165) is 29.8 Å². The second-order valence-corrected chi connectivity index (χ2v) is 8.02. The largest absolute Gasteiger partial charge is 0.493 e. The first-order chi connectivity index (χ1) is 15.6. The first kappa shape index (κ1) is 22.0. The summed E-state index contributed by atoms with van der Waals surface area (Å²) in [5.74, 6) is 1.51. The Labute approximate surface area is 187 Å². The van der Waals surface area contributed by atoms with Crippen molar-refractivity contribution in [1.29, 1.82) is 0 Å². The van der Waals surface area contributed by atoms with E-state index in [0.29, 0.717) is 37.4 Å². The standard InChI is InChI=1S/C24H29N3O5/c1-30-22-12-16-4-8-21(22)31-15-24(29)27-19-14-25-11-10-20(19)32-18-6-2-17(3-7-18)13-26-23(28)9-5-16/h2-4,6-8,12,19-20,25H,5,9-11,13-15H2,1H3,(H,26,28)(H,27,29)/t19-,20-/m1/s1. The Morgan fingerprint density at radius 1 is 1.00 bits per heavy atom. The van der Waals surface area contributed by atoms with Gasteiger partial charge in [-0.1, -0.05) is 18.2 Å². The Kier molecular flexibility index (Phi) is 7.11.